The van der Waals surface area contributed by atoms with E-state index >= 15 is 0 Å². The van der Waals surface area contributed by atoms with Crippen molar-refractivity contribution in [2.75, 3.05) is 13.1 Å². The zero-order valence-electron chi connectivity index (χ0n) is 41.4. The van der Waals surface area contributed by atoms with Gasteiger partial charge >= 0.3 is 11.8 Å². The van der Waals surface area contributed by atoms with Crippen LogP contribution in [0.4, 0.5) is 4.79 Å². The second kappa shape index (κ2) is 21.6. The van der Waals surface area contributed by atoms with Crippen LogP contribution in [0.3, 0.4) is 0 Å². The number of aromatic nitrogens is 2. The van der Waals surface area contributed by atoms with Crippen molar-refractivity contribution in [1.82, 2.24) is 40.2 Å². The number of benzene rings is 3. The van der Waals surface area contributed by atoms with Gasteiger partial charge in [0.2, 0.25) is 35.4 Å². The molecule has 3 fully saturated rings. The molecule has 4 aromatic rings. The van der Waals surface area contributed by atoms with Gasteiger partial charge in [-0.1, -0.05) is 54.6 Å². The van der Waals surface area contributed by atoms with Crippen molar-refractivity contribution in [3.8, 4) is 0 Å². The molecule has 8 rings (SSSR count). The molecule has 2 saturated heterocycles. The van der Waals surface area contributed by atoms with E-state index in [9.17, 15) is 43.2 Å². The van der Waals surface area contributed by atoms with E-state index in [1.807, 2.05) is 60.7 Å². The molecule has 0 radical (unpaired) electrons. The first-order valence-corrected chi connectivity index (χ1v) is 25.0. The van der Waals surface area contributed by atoms with Crippen LogP contribution in [-0.4, -0.2) is 103 Å². The Morgan fingerprint density at radius 1 is 0.889 bits per heavy atom. The lowest BCUT2D eigenvalue weighted by Crippen LogP contribution is -2.60. The van der Waals surface area contributed by atoms with Gasteiger partial charge in [0.1, 0.15) is 29.8 Å². The highest BCUT2D eigenvalue weighted by Crippen LogP contribution is 2.35. The summed E-state index contributed by atoms with van der Waals surface area (Å²) in [5, 5.41) is 12.7. The fourth-order valence-corrected chi connectivity index (χ4v) is 10.7. The van der Waals surface area contributed by atoms with Crippen LogP contribution in [-0.2, 0) is 58.3 Å². The molecule has 3 aromatic carbocycles. The molecule has 1 aromatic heterocycles. The highest BCUT2D eigenvalue weighted by molar-refractivity contribution is 6.00. The van der Waals surface area contributed by atoms with Crippen molar-refractivity contribution in [2.45, 2.75) is 134 Å². The Morgan fingerprint density at radius 2 is 1.62 bits per heavy atom. The van der Waals surface area contributed by atoms with Crippen LogP contribution in [0.2, 0.25) is 0 Å². The molecule has 1 aliphatic carbocycles. The fourth-order valence-electron chi connectivity index (χ4n) is 10.7. The summed E-state index contributed by atoms with van der Waals surface area (Å²) < 4.78 is 8.56. The smallest absolute Gasteiger partial charge is 0.408 e. The van der Waals surface area contributed by atoms with Crippen molar-refractivity contribution in [3.05, 3.63) is 94.0 Å². The average Bonchev–Trinajstić information content (AvgIpc) is 3.86. The van der Waals surface area contributed by atoms with Crippen molar-refractivity contribution in [1.29, 1.82) is 0 Å². The Labute approximate surface area is 417 Å². The zero-order valence-corrected chi connectivity index (χ0v) is 41.4. The fraction of sp³-hybridized carbons (Fsp3) is 0.491. The minimum atomic E-state index is -1.27. The van der Waals surface area contributed by atoms with Crippen molar-refractivity contribution in [2.24, 2.45) is 24.6 Å². The third kappa shape index (κ3) is 11.7. The van der Waals surface area contributed by atoms with Gasteiger partial charge in [-0.2, -0.15) is 0 Å². The molecule has 382 valence electrons. The van der Waals surface area contributed by atoms with Gasteiger partial charge < -0.3 is 36.2 Å². The molecule has 1 unspecified atom stereocenters. The van der Waals surface area contributed by atoms with Gasteiger partial charge in [0.05, 0.1) is 17.6 Å². The van der Waals surface area contributed by atoms with Crippen LogP contribution in [0.5, 0.6) is 0 Å². The second-order valence-corrected chi connectivity index (χ2v) is 20.7. The van der Waals surface area contributed by atoms with E-state index in [0.29, 0.717) is 22.6 Å². The normalized spacial score (nSPS) is 22.0. The largest absolute Gasteiger partial charge is 0.444 e. The van der Waals surface area contributed by atoms with E-state index < -0.39 is 65.4 Å². The third-order valence-corrected chi connectivity index (χ3v) is 14.4. The second-order valence-electron chi connectivity index (χ2n) is 20.7. The molecule has 4 heterocycles. The number of rotatable bonds is 14. The van der Waals surface area contributed by atoms with Gasteiger partial charge in [-0.05, 0) is 118 Å². The summed E-state index contributed by atoms with van der Waals surface area (Å²) in [5.41, 5.74) is 8.03. The number of imide groups is 1. The molecule has 8 amide bonds. The summed E-state index contributed by atoms with van der Waals surface area (Å²) in [5.74, 6) is -2.94. The number of alkyl carbamates (subject to hydrolysis) is 1. The maximum absolute atomic E-state index is 14.7. The molecule has 1 saturated carbocycles. The summed E-state index contributed by atoms with van der Waals surface area (Å²) in [6.07, 6.45) is 5.88. The Balaban J connectivity index is 0.903. The number of fused-ring (bicyclic) bond motifs is 3. The number of carbonyl (C=O) groups is 8. The topological polar surface area (TPSA) is 253 Å². The summed E-state index contributed by atoms with van der Waals surface area (Å²) >= 11 is 0. The Kier molecular flexibility index (Phi) is 15.3. The first-order valence-electron chi connectivity index (χ1n) is 25.0. The zero-order chi connectivity index (χ0) is 51.4. The van der Waals surface area contributed by atoms with E-state index in [-0.39, 0.29) is 88.0 Å². The van der Waals surface area contributed by atoms with Gasteiger partial charge in [0.15, 0.2) is 0 Å². The van der Waals surface area contributed by atoms with Gasteiger partial charge in [0, 0.05) is 51.5 Å². The minimum Gasteiger partial charge on any atom is -0.444 e. The molecule has 6 N–H and O–H groups in total. The van der Waals surface area contributed by atoms with Gasteiger partial charge in [-0.15, -0.1) is 0 Å². The number of hydrogen-bond acceptors (Lipinski definition) is 10. The van der Waals surface area contributed by atoms with E-state index in [1.165, 1.54) is 14.0 Å². The van der Waals surface area contributed by atoms with Crippen LogP contribution in [0.15, 0.2) is 77.2 Å². The van der Waals surface area contributed by atoms with Crippen molar-refractivity contribution >= 4 is 69.2 Å². The van der Waals surface area contributed by atoms with E-state index in [1.54, 1.807) is 38.8 Å². The molecule has 3 aliphatic heterocycles. The van der Waals surface area contributed by atoms with Crippen LogP contribution < -0.4 is 32.7 Å². The first-order chi connectivity index (χ1) is 34.3. The highest BCUT2D eigenvalue weighted by Gasteiger charge is 2.43. The van der Waals surface area contributed by atoms with E-state index in [2.05, 4.69) is 21.3 Å². The summed E-state index contributed by atoms with van der Waals surface area (Å²) in [6.45, 7) is 5.30. The Bertz CT molecular complexity index is 2880. The van der Waals surface area contributed by atoms with Crippen LogP contribution in [0.1, 0.15) is 109 Å². The number of hydrogen-bond donors (Lipinski definition) is 5. The molecule has 4 atom stereocenters. The average molecular weight is 988 g/mol. The SMILES string of the molecule is Cn1c(=O)n(C2CCC(=O)NC2=O)c2ccc(CC3CCC(CC(=O)N4CCC5=CC[C@@H](C(=O)N[C@@H](CCC(N)=O)C(=O)NCc6cccc7ccccc67)N5C(=O)[C@@H](NC(=O)OC(C)(C)C)C4)CC3)cc21. The van der Waals surface area contributed by atoms with Crippen molar-refractivity contribution < 1.29 is 43.1 Å². The lowest BCUT2D eigenvalue weighted by Gasteiger charge is -2.38. The monoisotopic (exact) mass is 987 g/mol. The molecular formula is C53H65N9O10. The number of nitrogens with one attached hydrogen (secondary N) is 4. The number of nitrogens with two attached hydrogens (primary N) is 1. The molecule has 19 nitrogen and oxygen atoms in total. The lowest BCUT2D eigenvalue weighted by atomic mass is 9.78. The summed E-state index contributed by atoms with van der Waals surface area (Å²) in [6, 6.07) is 15.1. The predicted molar refractivity (Wildman–Crippen MR) is 266 cm³/mol. The molecular weight excluding hydrogens is 923 g/mol. The van der Waals surface area contributed by atoms with Crippen molar-refractivity contribution in [3.63, 3.8) is 0 Å². The number of amides is 8. The van der Waals surface area contributed by atoms with E-state index in [4.69, 9.17) is 10.5 Å². The molecule has 19 heteroatoms. The number of piperidine rings is 1. The quantitative estimate of drug-likeness (QED) is 0.114. The number of nitrogens with zero attached hydrogens (tertiary/aromatic N) is 4. The molecule has 0 bridgehead atoms. The highest BCUT2D eigenvalue weighted by atomic mass is 16.6. The lowest BCUT2D eigenvalue weighted by molar-refractivity contribution is -0.142. The maximum atomic E-state index is 14.7. The van der Waals surface area contributed by atoms with Crippen LogP contribution in [0, 0.1) is 11.8 Å². The summed E-state index contributed by atoms with van der Waals surface area (Å²) in [7, 11) is 1.68. The number of imidazole rings is 1. The third-order valence-electron chi connectivity index (χ3n) is 14.4. The van der Waals surface area contributed by atoms with Gasteiger partial charge in [-0.3, -0.25) is 48.0 Å². The predicted octanol–water partition coefficient (Wildman–Crippen LogP) is 3.89. The molecule has 72 heavy (non-hydrogen) atoms. The Hall–Kier alpha value is -7.31. The standard InChI is InChI=1S/C53H65N9O10/c1-53(2,3)72-51(70)57-39-30-60(46(65)28-32-14-12-31(13-15-32)26-33-16-19-40-43(27-33)59(4)52(71)62(40)42-21-23-45(64)58-49(42)68)25-24-36-17-20-41(61(36)50(39)69)48(67)56-38(18-22-44(54)63)47(66)55-29-35-10-7-9-34-8-5-6-11-37(34)35/h5-11,16-17,19,27,31-32,38-39,41-42H,12-15,18,20-26,28-30H2,1-4H3,(H2,54,63)(H,55,66)(H,56,67)(H,57,70)(H,58,64,68)/t31?,32?,38-,39-,41-,42?/m0/s1. The maximum Gasteiger partial charge on any atom is 0.408 e. The van der Waals surface area contributed by atoms with Crippen LogP contribution in [0.25, 0.3) is 21.8 Å². The van der Waals surface area contributed by atoms with Gasteiger partial charge in [0.25, 0.3) is 5.91 Å². The van der Waals surface area contributed by atoms with Crippen LogP contribution >= 0.6 is 0 Å². The number of ether oxygens (including phenoxy) is 1. The Morgan fingerprint density at radius 3 is 2.36 bits per heavy atom. The van der Waals surface area contributed by atoms with Gasteiger partial charge in [-0.25, -0.2) is 9.59 Å². The van der Waals surface area contributed by atoms with E-state index in [0.717, 1.165) is 54.0 Å². The molecule has 4 aliphatic rings. The number of primary amides is 1. The summed E-state index contributed by atoms with van der Waals surface area (Å²) in [4.78, 5) is 123. The minimum absolute atomic E-state index is 0.0742. The molecule has 0 spiro atoms. The first kappa shape index (κ1) is 51.1. The number of carbonyl (C=O) groups excluding carboxylic acids is 8. The number of aryl methyl sites for hydroxylation is 1.